The van der Waals surface area contributed by atoms with Crippen molar-refractivity contribution in [2.24, 2.45) is 4.99 Å². The fourth-order valence-electron chi connectivity index (χ4n) is 0.588. The van der Waals surface area contributed by atoms with E-state index in [0.717, 1.165) is 11.3 Å². The van der Waals surface area contributed by atoms with E-state index in [4.69, 9.17) is 0 Å². The summed E-state index contributed by atoms with van der Waals surface area (Å²) >= 11 is 0. The molecule has 10 heavy (non-hydrogen) atoms. The average molecular weight is 138 g/mol. The van der Waals surface area contributed by atoms with Crippen LogP contribution in [-0.4, -0.2) is 20.3 Å². The van der Waals surface area contributed by atoms with Crippen LogP contribution in [0, 0.1) is 0 Å². The summed E-state index contributed by atoms with van der Waals surface area (Å²) < 4.78 is 0. The molecular formula is C8H14N2. The second kappa shape index (κ2) is 4.79. The van der Waals surface area contributed by atoms with E-state index in [1.165, 1.54) is 0 Å². The van der Waals surface area contributed by atoms with Gasteiger partial charge in [0.05, 0.1) is 0 Å². The predicted octanol–water partition coefficient (Wildman–Crippen LogP) is 1.37. The lowest BCUT2D eigenvalue weighted by Gasteiger charge is -1.96. The highest BCUT2D eigenvalue weighted by Crippen LogP contribution is 1.92. The number of hydrogen-bond donors (Lipinski definition) is 1. The molecule has 0 aromatic heterocycles. The van der Waals surface area contributed by atoms with Gasteiger partial charge in [0.2, 0.25) is 0 Å². The van der Waals surface area contributed by atoms with E-state index >= 15 is 0 Å². The summed E-state index contributed by atoms with van der Waals surface area (Å²) in [6.07, 6.45) is 3.73. The molecule has 0 aliphatic carbocycles. The standard InChI is InChI=1S/C8H14N2/c1-7(6-9-3)5-8(2)10-4/h5-6,10H,2H2,1,3-4H3/b7-5-,9-6?. The summed E-state index contributed by atoms with van der Waals surface area (Å²) in [5.41, 5.74) is 2.00. The molecule has 2 heteroatoms. The molecule has 0 radical (unpaired) electrons. The Kier molecular flexibility index (Phi) is 4.29. The van der Waals surface area contributed by atoms with Crippen LogP contribution in [0.1, 0.15) is 6.92 Å². The molecule has 0 rings (SSSR count). The molecular weight excluding hydrogens is 124 g/mol. The third-order valence-corrected chi connectivity index (χ3v) is 1.06. The van der Waals surface area contributed by atoms with E-state index in [0.29, 0.717) is 0 Å². The zero-order valence-electron chi connectivity index (χ0n) is 6.81. The molecule has 0 spiro atoms. The molecule has 0 saturated heterocycles. The third-order valence-electron chi connectivity index (χ3n) is 1.06. The zero-order valence-corrected chi connectivity index (χ0v) is 6.81. The Bertz CT molecular complexity index is 166. The van der Waals surface area contributed by atoms with Gasteiger partial charge in [-0.3, -0.25) is 4.99 Å². The van der Waals surface area contributed by atoms with Crippen LogP contribution in [0.5, 0.6) is 0 Å². The van der Waals surface area contributed by atoms with Crippen molar-refractivity contribution in [2.75, 3.05) is 14.1 Å². The maximum absolute atomic E-state index is 3.86. The van der Waals surface area contributed by atoms with E-state index in [1.807, 2.05) is 20.0 Å². The minimum atomic E-state index is 0.900. The number of likely N-dealkylation sites (N-methyl/N-ethyl adjacent to an activating group) is 1. The minimum Gasteiger partial charge on any atom is -0.389 e. The van der Waals surface area contributed by atoms with Gasteiger partial charge >= 0.3 is 0 Å². The number of nitrogens with zero attached hydrogens (tertiary/aromatic N) is 1. The first kappa shape index (κ1) is 8.95. The third kappa shape index (κ3) is 3.89. The lowest BCUT2D eigenvalue weighted by atomic mass is 10.3. The molecule has 0 aromatic carbocycles. The Balaban J connectivity index is 4.02. The highest BCUT2D eigenvalue weighted by molar-refractivity contribution is 5.78. The summed E-state index contributed by atoms with van der Waals surface area (Å²) in [6.45, 7) is 5.73. The van der Waals surface area contributed by atoms with Crippen LogP contribution in [0.4, 0.5) is 0 Å². The SMILES string of the molecule is C=C(/C=C(/C)C=NC)NC. The molecule has 56 valence electrons. The summed E-state index contributed by atoms with van der Waals surface area (Å²) in [5, 5.41) is 2.92. The van der Waals surface area contributed by atoms with Crippen LogP contribution in [0.3, 0.4) is 0 Å². The van der Waals surface area contributed by atoms with Gasteiger partial charge in [0.25, 0.3) is 0 Å². The maximum Gasteiger partial charge on any atom is 0.0277 e. The first-order valence-corrected chi connectivity index (χ1v) is 3.17. The number of allylic oxidation sites excluding steroid dienone is 2. The van der Waals surface area contributed by atoms with E-state index in [2.05, 4.69) is 16.9 Å². The Morgan fingerprint density at radius 2 is 2.20 bits per heavy atom. The Labute approximate surface area is 62.4 Å². The smallest absolute Gasteiger partial charge is 0.0277 e. The topological polar surface area (TPSA) is 24.4 Å². The summed E-state index contributed by atoms with van der Waals surface area (Å²) in [7, 11) is 3.59. The van der Waals surface area contributed by atoms with Gasteiger partial charge in [-0.15, -0.1) is 0 Å². The van der Waals surface area contributed by atoms with Gasteiger partial charge in [-0.2, -0.15) is 0 Å². The van der Waals surface area contributed by atoms with Gasteiger partial charge in [0.1, 0.15) is 0 Å². The fraction of sp³-hybridized carbons (Fsp3) is 0.375. The number of nitrogens with one attached hydrogen (secondary N) is 1. The fourth-order valence-corrected chi connectivity index (χ4v) is 0.588. The first-order chi connectivity index (χ1) is 4.70. The summed E-state index contributed by atoms with van der Waals surface area (Å²) in [5.74, 6) is 0. The first-order valence-electron chi connectivity index (χ1n) is 3.17. The lowest BCUT2D eigenvalue weighted by Crippen LogP contribution is -2.01. The molecule has 0 aliphatic heterocycles. The van der Waals surface area contributed by atoms with Gasteiger partial charge in [-0.1, -0.05) is 6.58 Å². The molecule has 0 fully saturated rings. The maximum atomic E-state index is 3.86. The Hall–Kier alpha value is -1.05. The largest absolute Gasteiger partial charge is 0.389 e. The van der Waals surface area contributed by atoms with Crippen molar-refractivity contribution in [3.05, 3.63) is 23.9 Å². The Morgan fingerprint density at radius 3 is 2.60 bits per heavy atom. The Morgan fingerprint density at radius 1 is 1.60 bits per heavy atom. The van der Waals surface area contributed by atoms with Crippen molar-refractivity contribution in [1.82, 2.24) is 5.32 Å². The molecule has 1 N–H and O–H groups in total. The molecule has 0 amide bonds. The molecule has 0 bridgehead atoms. The molecule has 0 heterocycles. The van der Waals surface area contributed by atoms with Gasteiger partial charge in [-0.05, 0) is 18.6 Å². The summed E-state index contributed by atoms with van der Waals surface area (Å²) in [4.78, 5) is 3.86. The van der Waals surface area contributed by atoms with Gasteiger partial charge < -0.3 is 5.32 Å². The monoisotopic (exact) mass is 138 g/mol. The van der Waals surface area contributed by atoms with Crippen molar-refractivity contribution >= 4 is 6.21 Å². The lowest BCUT2D eigenvalue weighted by molar-refractivity contribution is 1.04. The molecule has 0 aliphatic rings. The molecule has 2 nitrogen and oxygen atoms in total. The predicted molar refractivity (Wildman–Crippen MR) is 46.4 cm³/mol. The van der Waals surface area contributed by atoms with E-state index in [-0.39, 0.29) is 0 Å². The van der Waals surface area contributed by atoms with Crippen molar-refractivity contribution in [3.8, 4) is 0 Å². The van der Waals surface area contributed by atoms with Crippen molar-refractivity contribution < 1.29 is 0 Å². The molecule has 0 unspecified atom stereocenters. The van der Waals surface area contributed by atoms with Crippen LogP contribution >= 0.6 is 0 Å². The number of rotatable bonds is 3. The van der Waals surface area contributed by atoms with Crippen LogP contribution in [0.25, 0.3) is 0 Å². The second-order valence-corrected chi connectivity index (χ2v) is 2.05. The van der Waals surface area contributed by atoms with Crippen LogP contribution in [0.15, 0.2) is 28.9 Å². The second-order valence-electron chi connectivity index (χ2n) is 2.05. The van der Waals surface area contributed by atoms with Crippen LogP contribution < -0.4 is 5.32 Å². The minimum absolute atomic E-state index is 0.900. The van der Waals surface area contributed by atoms with Gasteiger partial charge in [0.15, 0.2) is 0 Å². The van der Waals surface area contributed by atoms with Gasteiger partial charge in [-0.25, -0.2) is 0 Å². The normalized spacial score (nSPS) is 12.1. The van der Waals surface area contributed by atoms with Gasteiger partial charge in [0, 0.05) is 26.0 Å². The van der Waals surface area contributed by atoms with Crippen molar-refractivity contribution in [3.63, 3.8) is 0 Å². The average Bonchev–Trinajstić information content (AvgIpc) is 1.88. The van der Waals surface area contributed by atoms with Crippen molar-refractivity contribution in [2.45, 2.75) is 6.92 Å². The van der Waals surface area contributed by atoms with E-state index < -0.39 is 0 Å². The molecule has 0 aromatic rings. The van der Waals surface area contributed by atoms with E-state index in [9.17, 15) is 0 Å². The van der Waals surface area contributed by atoms with Crippen molar-refractivity contribution in [1.29, 1.82) is 0 Å². The van der Waals surface area contributed by atoms with Crippen LogP contribution in [0.2, 0.25) is 0 Å². The highest BCUT2D eigenvalue weighted by Gasteiger charge is 1.83. The zero-order chi connectivity index (χ0) is 7.98. The summed E-state index contributed by atoms with van der Waals surface area (Å²) in [6, 6.07) is 0. The number of hydrogen-bond acceptors (Lipinski definition) is 2. The molecule has 0 saturated carbocycles. The quantitative estimate of drug-likeness (QED) is 0.462. The number of aliphatic imine (C=N–C) groups is 1. The van der Waals surface area contributed by atoms with Crippen LogP contribution in [-0.2, 0) is 0 Å². The van der Waals surface area contributed by atoms with E-state index in [1.54, 1.807) is 13.3 Å². The molecule has 0 atom stereocenters. The highest BCUT2D eigenvalue weighted by atomic mass is 14.8.